The predicted molar refractivity (Wildman–Crippen MR) is 89.0 cm³/mol. The van der Waals surface area contributed by atoms with E-state index in [2.05, 4.69) is 10.2 Å². The molecule has 0 saturated carbocycles. The summed E-state index contributed by atoms with van der Waals surface area (Å²) in [6, 6.07) is 12.1. The topological polar surface area (TPSA) is 91.3 Å². The van der Waals surface area contributed by atoms with E-state index in [-0.39, 0.29) is 23.9 Å². The van der Waals surface area contributed by atoms with E-state index in [1.165, 1.54) is 30.0 Å². The highest BCUT2D eigenvalue weighted by atomic mass is 32.2. The molecule has 0 unspecified atom stereocenters. The van der Waals surface area contributed by atoms with Crippen molar-refractivity contribution in [2.24, 2.45) is 0 Å². The first-order valence-corrected chi connectivity index (χ1v) is 8.20. The number of thioether (sulfide) groups is 1. The Bertz CT molecular complexity index is 887. The minimum atomic E-state index is -0.490. The van der Waals surface area contributed by atoms with Gasteiger partial charge in [0, 0.05) is 23.4 Å². The first-order valence-electron chi connectivity index (χ1n) is 7.22. The van der Waals surface area contributed by atoms with Crippen LogP contribution in [0.1, 0.15) is 0 Å². The van der Waals surface area contributed by atoms with Crippen molar-refractivity contribution in [2.75, 3.05) is 12.4 Å². The second-order valence-corrected chi connectivity index (χ2v) is 5.85. The van der Waals surface area contributed by atoms with Crippen molar-refractivity contribution < 1.29 is 18.5 Å². The van der Waals surface area contributed by atoms with Gasteiger partial charge in [-0.15, -0.1) is 10.2 Å². The molecule has 2 aromatic carbocycles. The van der Waals surface area contributed by atoms with E-state index < -0.39 is 10.7 Å². The number of hydrogen-bond donors (Lipinski definition) is 0. The molecule has 0 bridgehead atoms. The van der Waals surface area contributed by atoms with Gasteiger partial charge in [0.2, 0.25) is 5.89 Å². The highest BCUT2D eigenvalue weighted by Gasteiger charge is 2.13. The Morgan fingerprint density at radius 1 is 1.20 bits per heavy atom. The lowest BCUT2D eigenvalue weighted by Crippen LogP contribution is -2.01. The molecule has 9 heteroatoms. The number of rotatable bonds is 7. The van der Waals surface area contributed by atoms with Crippen molar-refractivity contribution in [3.05, 3.63) is 64.5 Å². The van der Waals surface area contributed by atoms with Crippen LogP contribution in [0.2, 0.25) is 0 Å². The Morgan fingerprint density at radius 3 is 2.84 bits per heavy atom. The number of benzene rings is 2. The van der Waals surface area contributed by atoms with Gasteiger partial charge in [-0.3, -0.25) is 10.1 Å². The number of ether oxygens (including phenoxy) is 1. The van der Waals surface area contributed by atoms with Gasteiger partial charge in [-0.1, -0.05) is 30.0 Å². The fraction of sp³-hybridized carbons (Fsp3) is 0.125. The van der Waals surface area contributed by atoms with Crippen molar-refractivity contribution in [2.45, 2.75) is 5.22 Å². The van der Waals surface area contributed by atoms with Crippen LogP contribution >= 0.6 is 11.8 Å². The van der Waals surface area contributed by atoms with E-state index in [0.29, 0.717) is 16.5 Å². The minimum absolute atomic E-state index is 0.0526. The number of aromatic nitrogens is 2. The molecule has 0 spiro atoms. The second-order valence-electron chi connectivity index (χ2n) is 4.81. The summed E-state index contributed by atoms with van der Waals surface area (Å²) >= 11 is 1.25. The smallest absolute Gasteiger partial charge is 0.276 e. The van der Waals surface area contributed by atoms with Gasteiger partial charge < -0.3 is 9.15 Å². The molecule has 0 saturated heterocycles. The normalized spacial score (nSPS) is 10.6. The Morgan fingerprint density at radius 2 is 2.04 bits per heavy atom. The summed E-state index contributed by atoms with van der Waals surface area (Å²) in [7, 11) is 0. The number of para-hydroxylation sites is 1. The van der Waals surface area contributed by atoms with E-state index in [9.17, 15) is 14.5 Å². The number of nitro groups is 1. The van der Waals surface area contributed by atoms with Crippen LogP contribution < -0.4 is 4.74 Å². The zero-order valence-electron chi connectivity index (χ0n) is 12.8. The van der Waals surface area contributed by atoms with Crippen molar-refractivity contribution in [3.8, 4) is 17.2 Å². The van der Waals surface area contributed by atoms with Crippen LogP contribution in [0.25, 0.3) is 11.5 Å². The number of hydrogen-bond acceptors (Lipinski definition) is 7. The maximum Gasteiger partial charge on any atom is 0.276 e. The third-order valence-corrected chi connectivity index (χ3v) is 3.90. The molecule has 128 valence electrons. The van der Waals surface area contributed by atoms with E-state index in [4.69, 9.17) is 9.15 Å². The van der Waals surface area contributed by atoms with Crippen molar-refractivity contribution >= 4 is 17.4 Å². The fourth-order valence-electron chi connectivity index (χ4n) is 1.98. The molecule has 1 aromatic heterocycles. The van der Waals surface area contributed by atoms with E-state index in [1.54, 1.807) is 30.3 Å². The average molecular weight is 361 g/mol. The lowest BCUT2D eigenvalue weighted by atomic mass is 10.2. The first kappa shape index (κ1) is 16.9. The molecule has 0 N–H and O–H groups in total. The van der Waals surface area contributed by atoms with E-state index in [0.717, 1.165) is 0 Å². The molecule has 0 radical (unpaired) electrons. The number of nitrogens with zero attached hydrogens (tertiary/aromatic N) is 3. The summed E-state index contributed by atoms with van der Waals surface area (Å²) in [5.74, 6) is 0.440. The van der Waals surface area contributed by atoms with Gasteiger partial charge in [-0.25, -0.2) is 4.39 Å². The van der Waals surface area contributed by atoms with Crippen LogP contribution in [-0.2, 0) is 0 Å². The summed E-state index contributed by atoms with van der Waals surface area (Å²) in [6.07, 6.45) is 0. The minimum Gasteiger partial charge on any atom is -0.490 e. The Labute approximate surface area is 146 Å². The summed E-state index contributed by atoms with van der Waals surface area (Å²) in [4.78, 5) is 10.3. The van der Waals surface area contributed by atoms with E-state index in [1.807, 2.05) is 0 Å². The maximum atomic E-state index is 13.4. The molecule has 7 nitrogen and oxygen atoms in total. The highest BCUT2D eigenvalue weighted by Crippen LogP contribution is 2.26. The molecule has 0 aliphatic carbocycles. The van der Waals surface area contributed by atoms with Crippen molar-refractivity contribution in [1.29, 1.82) is 0 Å². The summed E-state index contributed by atoms with van der Waals surface area (Å²) in [5.41, 5.74) is 0.416. The Hall–Kier alpha value is -2.94. The molecule has 0 aliphatic rings. The SMILES string of the molecule is O=[N+]([O-])c1cccc(-c2nnc(SCCOc3ccccc3F)o2)c1. The molecule has 0 fully saturated rings. The van der Waals surface area contributed by atoms with Crippen molar-refractivity contribution in [3.63, 3.8) is 0 Å². The molecular weight excluding hydrogens is 349 g/mol. The van der Waals surface area contributed by atoms with Gasteiger partial charge in [-0.05, 0) is 18.2 Å². The molecule has 0 amide bonds. The second kappa shape index (κ2) is 7.75. The van der Waals surface area contributed by atoms with Gasteiger partial charge >= 0.3 is 0 Å². The van der Waals surface area contributed by atoms with Crippen molar-refractivity contribution in [1.82, 2.24) is 10.2 Å². The molecule has 0 aliphatic heterocycles. The van der Waals surface area contributed by atoms with Crippen LogP contribution in [0.5, 0.6) is 5.75 Å². The lowest BCUT2D eigenvalue weighted by Gasteiger charge is -2.05. The van der Waals surface area contributed by atoms with Gasteiger partial charge in [0.15, 0.2) is 11.6 Å². The Kier molecular flexibility index (Phi) is 5.24. The van der Waals surface area contributed by atoms with Gasteiger partial charge in [0.1, 0.15) is 0 Å². The highest BCUT2D eigenvalue weighted by molar-refractivity contribution is 7.99. The molecular formula is C16H12FN3O4S. The Balaban J connectivity index is 1.56. The molecule has 1 heterocycles. The summed E-state index contributed by atoms with van der Waals surface area (Å²) in [6.45, 7) is 0.264. The average Bonchev–Trinajstić information content (AvgIpc) is 3.09. The monoisotopic (exact) mass is 361 g/mol. The third-order valence-electron chi connectivity index (χ3n) is 3.11. The number of nitro benzene ring substituents is 1. The lowest BCUT2D eigenvalue weighted by molar-refractivity contribution is -0.384. The van der Waals surface area contributed by atoms with Gasteiger partial charge in [0.25, 0.3) is 10.9 Å². The zero-order valence-corrected chi connectivity index (χ0v) is 13.6. The fourth-order valence-corrected chi connectivity index (χ4v) is 2.56. The van der Waals surface area contributed by atoms with Gasteiger partial charge in [0.05, 0.1) is 11.5 Å². The summed E-state index contributed by atoms with van der Waals surface area (Å²) < 4.78 is 24.2. The standard InChI is InChI=1S/C16H12FN3O4S/c17-13-6-1-2-7-14(13)23-8-9-25-16-19-18-15(24-16)11-4-3-5-12(10-11)20(21)22/h1-7,10H,8-9H2. The van der Waals surface area contributed by atoms with Crippen LogP contribution in [0.4, 0.5) is 10.1 Å². The maximum absolute atomic E-state index is 13.4. The first-order chi connectivity index (χ1) is 12.1. The quantitative estimate of drug-likeness (QED) is 0.272. The molecule has 25 heavy (non-hydrogen) atoms. The zero-order chi connectivity index (χ0) is 17.6. The van der Waals surface area contributed by atoms with E-state index >= 15 is 0 Å². The molecule has 0 atom stereocenters. The molecule has 3 rings (SSSR count). The largest absolute Gasteiger partial charge is 0.490 e. The molecule has 3 aromatic rings. The summed E-state index contributed by atoms with van der Waals surface area (Å²) in [5, 5.41) is 18.9. The van der Waals surface area contributed by atoms with Crippen LogP contribution in [0, 0.1) is 15.9 Å². The van der Waals surface area contributed by atoms with Crippen LogP contribution in [-0.4, -0.2) is 27.5 Å². The number of non-ortho nitro benzene ring substituents is 1. The van der Waals surface area contributed by atoms with Gasteiger partial charge in [-0.2, -0.15) is 0 Å². The van der Waals surface area contributed by atoms with Crippen LogP contribution in [0.3, 0.4) is 0 Å². The third kappa shape index (κ3) is 4.32. The predicted octanol–water partition coefficient (Wildman–Crippen LogP) is 3.96. The number of halogens is 1. The van der Waals surface area contributed by atoms with Crippen LogP contribution in [0.15, 0.2) is 58.2 Å².